The van der Waals surface area contributed by atoms with Crippen LogP contribution in [0.5, 0.6) is 0 Å². The van der Waals surface area contributed by atoms with Crippen LogP contribution in [-0.2, 0) is 23.6 Å². The van der Waals surface area contributed by atoms with Gasteiger partial charge < -0.3 is 4.42 Å². The van der Waals surface area contributed by atoms with E-state index in [1.165, 1.54) is 29.8 Å². The molecule has 0 bridgehead atoms. The Hall–Kier alpha value is -2.39. The topological polar surface area (TPSA) is 99.1 Å². The van der Waals surface area contributed by atoms with Crippen LogP contribution < -0.4 is 10.5 Å². The number of hydrogen-bond donors (Lipinski definition) is 1. The third-order valence-electron chi connectivity index (χ3n) is 4.58. The molecule has 0 aliphatic heterocycles. The lowest BCUT2D eigenvalue weighted by atomic mass is 10.1. The molecule has 8 nitrogen and oxygen atoms in total. The number of benzene rings is 1. The van der Waals surface area contributed by atoms with Gasteiger partial charge in [-0.25, -0.2) is 17.9 Å². The van der Waals surface area contributed by atoms with E-state index in [1.807, 2.05) is 25.5 Å². The number of oxazole rings is 1. The van der Waals surface area contributed by atoms with Crippen LogP contribution in [0.3, 0.4) is 0 Å². The highest BCUT2D eigenvalue weighted by molar-refractivity contribution is 7.89. The zero-order valence-corrected chi connectivity index (χ0v) is 16.2. The van der Waals surface area contributed by atoms with E-state index in [0.29, 0.717) is 11.1 Å². The number of aryl methyl sites for hydroxylation is 3. The van der Waals surface area contributed by atoms with Gasteiger partial charge in [0.1, 0.15) is 0 Å². The quantitative estimate of drug-likeness (QED) is 0.732. The van der Waals surface area contributed by atoms with Crippen molar-refractivity contribution in [3.05, 3.63) is 45.7 Å². The zero-order valence-electron chi connectivity index (χ0n) is 15.4. The van der Waals surface area contributed by atoms with Crippen molar-refractivity contribution in [2.24, 2.45) is 7.05 Å². The predicted octanol–water partition coefficient (Wildman–Crippen LogP) is 2.00. The maximum atomic E-state index is 12.8. The van der Waals surface area contributed by atoms with E-state index in [9.17, 15) is 13.2 Å². The van der Waals surface area contributed by atoms with Crippen LogP contribution in [0.25, 0.3) is 11.1 Å². The van der Waals surface area contributed by atoms with Crippen molar-refractivity contribution in [1.29, 1.82) is 0 Å². The van der Waals surface area contributed by atoms with Crippen LogP contribution in [-0.4, -0.2) is 22.8 Å². The van der Waals surface area contributed by atoms with Gasteiger partial charge in [0.25, 0.3) is 0 Å². The van der Waals surface area contributed by atoms with Gasteiger partial charge in [-0.15, -0.1) is 0 Å². The Bertz CT molecular complexity index is 1140. The van der Waals surface area contributed by atoms with E-state index >= 15 is 0 Å². The second-order valence-electron chi connectivity index (χ2n) is 6.30. The molecule has 0 saturated carbocycles. The Balaban J connectivity index is 1.97. The Kier molecular flexibility index (Phi) is 4.53. The fraction of sp³-hybridized carbons (Fsp3) is 0.412. The fourth-order valence-electron chi connectivity index (χ4n) is 3.28. The van der Waals surface area contributed by atoms with Gasteiger partial charge in [-0.3, -0.25) is 9.25 Å². The molecule has 1 N–H and O–H groups in total. The predicted molar refractivity (Wildman–Crippen MR) is 97.6 cm³/mol. The van der Waals surface area contributed by atoms with Crippen LogP contribution in [0.1, 0.15) is 36.8 Å². The number of nitrogens with zero attached hydrogens (tertiary/aromatic N) is 3. The van der Waals surface area contributed by atoms with Gasteiger partial charge in [0.05, 0.1) is 16.1 Å². The molecule has 0 aliphatic carbocycles. The first kappa shape index (κ1) is 18.4. The largest absolute Gasteiger partial charge is 0.419 e. The van der Waals surface area contributed by atoms with Crippen molar-refractivity contribution >= 4 is 21.1 Å². The minimum Gasteiger partial charge on any atom is -0.408 e. The van der Waals surface area contributed by atoms with Crippen molar-refractivity contribution in [1.82, 2.24) is 19.1 Å². The fourth-order valence-corrected chi connectivity index (χ4v) is 4.51. The summed E-state index contributed by atoms with van der Waals surface area (Å²) < 4.78 is 36.5. The van der Waals surface area contributed by atoms with E-state index in [2.05, 4.69) is 9.82 Å². The van der Waals surface area contributed by atoms with E-state index < -0.39 is 21.8 Å². The summed E-state index contributed by atoms with van der Waals surface area (Å²) >= 11 is 0. The van der Waals surface area contributed by atoms with Gasteiger partial charge in [0.2, 0.25) is 10.0 Å². The summed E-state index contributed by atoms with van der Waals surface area (Å²) in [5.74, 6) is -0.533. The molecule has 0 aliphatic rings. The number of sulfonamides is 1. The first-order chi connectivity index (χ1) is 12.2. The van der Waals surface area contributed by atoms with Crippen molar-refractivity contribution in [2.75, 3.05) is 0 Å². The van der Waals surface area contributed by atoms with Crippen molar-refractivity contribution < 1.29 is 12.8 Å². The van der Waals surface area contributed by atoms with E-state index in [4.69, 9.17) is 4.42 Å². The van der Waals surface area contributed by atoms with E-state index in [-0.39, 0.29) is 4.90 Å². The van der Waals surface area contributed by atoms with Crippen molar-refractivity contribution in [3.8, 4) is 0 Å². The highest BCUT2D eigenvalue weighted by atomic mass is 32.2. The minimum absolute atomic E-state index is 0.0754. The third kappa shape index (κ3) is 2.97. The zero-order chi connectivity index (χ0) is 19.2. The summed E-state index contributed by atoms with van der Waals surface area (Å²) in [5.41, 5.74) is 3.38. The molecule has 1 aromatic carbocycles. The summed E-state index contributed by atoms with van der Waals surface area (Å²) in [6, 6.07) is 3.91. The molecule has 2 heterocycles. The second-order valence-corrected chi connectivity index (χ2v) is 8.01. The van der Waals surface area contributed by atoms with Crippen molar-refractivity contribution in [3.63, 3.8) is 0 Å². The first-order valence-electron chi connectivity index (χ1n) is 8.31. The molecule has 0 saturated heterocycles. The third-order valence-corrected chi connectivity index (χ3v) is 6.11. The molecule has 0 radical (unpaired) electrons. The average molecular weight is 378 g/mol. The molecule has 1 atom stereocenters. The van der Waals surface area contributed by atoms with Gasteiger partial charge in [-0.2, -0.15) is 5.10 Å². The van der Waals surface area contributed by atoms with Crippen molar-refractivity contribution in [2.45, 2.75) is 45.2 Å². The smallest absolute Gasteiger partial charge is 0.408 e. The summed E-state index contributed by atoms with van der Waals surface area (Å²) in [6.07, 6.45) is 0. The molecular formula is C17H22N4O4S. The standard InChI is InChI=1S/C17H22N4O4S/c1-6-21-12(4)16(10(2)18-21)11(3)19-26(23,24)13-7-8-15-14(9-13)20(5)17(22)25-15/h7-9,11,19H,6H2,1-5H3/t11-/m0/s1. The molecular weight excluding hydrogens is 356 g/mol. The lowest BCUT2D eigenvalue weighted by Crippen LogP contribution is -2.27. The minimum atomic E-state index is -3.78. The number of hydrogen-bond acceptors (Lipinski definition) is 5. The van der Waals surface area contributed by atoms with E-state index in [1.54, 1.807) is 6.92 Å². The van der Waals surface area contributed by atoms with Crippen LogP contribution >= 0.6 is 0 Å². The monoisotopic (exact) mass is 378 g/mol. The molecule has 9 heteroatoms. The van der Waals surface area contributed by atoms with Gasteiger partial charge in [-0.1, -0.05) is 0 Å². The van der Waals surface area contributed by atoms with Gasteiger partial charge in [-0.05, 0) is 45.9 Å². The SMILES string of the molecule is CCn1nc(C)c([C@H](C)NS(=O)(=O)c2ccc3oc(=O)n(C)c3c2)c1C. The molecule has 0 spiro atoms. The summed E-state index contributed by atoms with van der Waals surface area (Å²) in [5, 5.41) is 4.44. The Labute approximate surface area is 151 Å². The van der Waals surface area contributed by atoms with Gasteiger partial charge >= 0.3 is 5.76 Å². The summed E-state index contributed by atoms with van der Waals surface area (Å²) in [6.45, 7) is 8.30. The lowest BCUT2D eigenvalue weighted by molar-refractivity contribution is 0.528. The van der Waals surface area contributed by atoms with Crippen LogP contribution in [0.15, 0.2) is 32.3 Å². The Morgan fingerprint density at radius 3 is 2.62 bits per heavy atom. The lowest BCUT2D eigenvalue weighted by Gasteiger charge is -2.15. The average Bonchev–Trinajstić information content (AvgIpc) is 3.02. The summed E-state index contributed by atoms with van der Waals surface area (Å²) in [7, 11) is -2.25. The molecule has 0 unspecified atom stereocenters. The number of aromatic nitrogens is 3. The van der Waals surface area contributed by atoms with Crippen LogP contribution in [0.4, 0.5) is 0 Å². The molecule has 3 aromatic rings. The van der Waals surface area contributed by atoms with Gasteiger partial charge in [0.15, 0.2) is 5.58 Å². The molecule has 0 amide bonds. The highest BCUT2D eigenvalue weighted by Crippen LogP contribution is 2.24. The Morgan fingerprint density at radius 1 is 1.31 bits per heavy atom. The highest BCUT2D eigenvalue weighted by Gasteiger charge is 2.24. The molecule has 26 heavy (non-hydrogen) atoms. The molecule has 0 fully saturated rings. The summed E-state index contributed by atoms with van der Waals surface area (Å²) in [4.78, 5) is 11.7. The van der Waals surface area contributed by atoms with E-state index in [0.717, 1.165) is 23.5 Å². The molecule has 3 rings (SSSR count). The molecule has 2 aromatic heterocycles. The molecule has 140 valence electrons. The van der Waals surface area contributed by atoms with Gasteiger partial charge in [0, 0.05) is 30.9 Å². The maximum absolute atomic E-state index is 12.8. The maximum Gasteiger partial charge on any atom is 0.419 e. The number of fused-ring (bicyclic) bond motifs is 1. The number of rotatable bonds is 5. The number of nitrogens with one attached hydrogen (secondary N) is 1. The van der Waals surface area contributed by atoms with Crippen LogP contribution in [0, 0.1) is 13.8 Å². The second kappa shape index (κ2) is 6.40. The first-order valence-corrected chi connectivity index (χ1v) is 9.79. The van der Waals surface area contributed by atoms with Crippen LogP contribution in [0.2, 0.25) is 0 Å². The Morgan fingerprint density at radius 2 is 2.00 bits per heavy atom. The normalized spacial score (nSPS) is 13.4.